The highest BCUT2D eigenvalue weighted by atomic mass is 16.6. The lowest BCUT2D eigenvalue weighted by molar-refractivity contribution is -0.387. The Morgan fingerprint density at radius 1 is 1.38 bits per heavy atom. The molecule has 2 rings (SSSR count). The van der Waals surface area contributed by atoms with Crippen LogP contribution in [0.4, 0.5) is 5.69 Å². The molecule has 1 unspecified atom stereocenters. The third-order valence-corrected chi connectivity index (χ3v) is 3.88. The number of methoxy groups -OCH3 is 1. The van der Waals surface area contributed by atoms with Crippen molar-refractivity contribution < 1.29 is 9.66 Å². The number of rotatable bonds is 7. The highest BCUT2D eigenvalue weighted by Crippen LogP contribution is 2.17. The van der Waals surface area contributed by atoms with E-state index in [0.717, 1.165) is 4.57 Å². The number of nitro groups is 1. The maximum absolute atomic E-state index is 12.8. The molecule has 0 radical (unpaired) electrons. The molecule has 0 aromatic carbocycles. The van der Waals surface area contributed by atoms with Crippen LogP contribution >= 0.6 is 0 Å². The number of aryl methyl sites for hydroxylation is 1. The monoisotopic (exact) mass is 363 g/mol. The van der Waals surface area contributed by atoms with Crippen LogP contribution in [0.15, 0.2) is 22.0 Å². The first-order valence-electron chi connectivity index (χ1n) is 8.05. The smallest absolute Gasteiger partial charge is 0.357 e. The lowest BCUT2D eigenvalue weighted by Crippen LogP contribution is -2.44. The van der Waals surface area contributed by atoms with Gasteiger partial charge in [0.25, 0.3) is 0 Å². The second kappa shape index (κ2) is 7.91. The van der Waals surface area contributed by atoms with Crippen LogP contribution in [0.2, 0.25) is 0 Å². The summed E-state index contributed by atoms with van der Waals surface area (Å²) in [6, 6.07) is 0. The number of hydrogen-bond acceptors (Lipinski definition) is 6. The van der Waals surface area contributed by atoms with Crippen LogP contribution in [0.25, 0.3) is 12.2 Å². The van der Waals surface area contributed by atoms with Crippen molar-refractivity contribution in [1.29, 1.82) is 0 Å². The van der Waals surface area contributed by atoms with E-state index < -0.39 is 28.1 Å². The molecule has 1 atom stereocenters. The minimum absolute atomic E-state index is 0.0461. The second-order valence-electron chi connectivity index (χ2n) is 5.72. The zero-order valence-electron chi connectivity index (χ0n) is 15.1. The standard InChI is InChI=1S/C16H21N5O5/c1-5-8-19-13(7-6-12-9-17-18(3)10-12)14(21(24)25)15(22)20(16(19)23)11(2)26-4/h6-7,9-11H,5,8H2,1-4H3/b7-6+. The Morgan fingerprint density at radius 2 is 2.08 bits per heavy atom. The molecule has 0 saturated carbocycles. The molecule has 0 amide bonds. The van der Waals surface area contributed by atoms with Gasteiger partial charge in [0.05, 0.1) is 11.1 Å². The van der Waals surface area contributed by atoms with Crippen LogP contribution in [0.3, 0.4) is 0 Å². The molecular weight excluding hydrogens is 342 g/mol. The van der Waals surface area contributed by atoms with E-state index in [9.17, 15) is 19.7 Å². The Morgan fingerprint density at radius 3 is 2.58 bits per heavy atom. The van der Waals surface area contributed by atoms with Crippen molar-refractivity contribution in [3.63, 3.8) is 0 Å². The first-order valence-corrected chi connectivity index (χ1v) is 8.05. The highest BCUT2D eigenvalue weighted by molar-refractivity contribution is 5.71. The van der Waals surface area contributed by atoms with Gasteiger partial charge in [0, 0.05) is 32.5 Å². The Balaban J connectivity index is 2.79. The summed E-state index contributed by atoms with van der Waals surface area (Å²) in [6.45, 7) is 3.54. The summed E-state index contributed by atoms with van der Waals surface area (Å²) in [4.78, 5) is 36.2. The summed E-state index contributed by atoms with van der Waals surface area (Å²) in [5, 5.41) is 15.6. The Kier molecular flexibility index (Phi) is 5.88. The fraction of sp³-hybridized carbons (Fsp3) is 0.438. The maximum Gasteiger partial charge on any atom is 0.357 e. The van der Waals surface area contributed by atoms with Crippen molar-refractivity contribution in [3.05, 3.63) is 54.6 Å². The van der Waals surface area contributed by atoms with Gasteiger partial charge in [0.1, 0.15) is 11.9 Å². The molecule has 10 nitrogen and oxygen atoms in total. The Hall–Kier alpha value is -3.01. The molecule has 26 heavy (non-hydrogen) atoms. The fourth-order valence-corrected chi connectivity index (χ4v) is 2.58. The maximum atomic E-state index is 12.8. The molecule has 10 heteroatoms. The Bertz CT molecular complexity index is 953. The number of nitrogens with zero attached hydrogens (tertiary/aromatic N) is 5. The van der Waals surface area contributed by atoms with Crippen LogP contribution in [-0.4, -0.2) is 30.9 Å². The molecule has 0 bridgehead atoms. The van der Waals surface area contributed by atoms with Crippen LogP contribution in [-0.2, 0) is 18.3 Å². The summed E-state index contributed by atoms with van der Waals surface area (Å²) in [7, 11) is 3.06. The van der Waals surface area contributed by atoms with Crippen molar-refractivity contribution in [3.8, 4) is 0 Å². The molecule has 0 saturated heterocycles. The van der Waals surface area contributed by atoms with Gasteiger partial charge in [-0.05, 0) is 25.5 Å². The van der Waals surface area contributed by atoms with Gasteiger partial charge < -0.3 is 4.74 Å². The van der Waals surface area contributed by atoms with E-state index in [1.165, 1.54) is 24.7 Å². The minimum Gasteiger partial charge on any atom is -0.361 e. The van der Waals surface area contributed by atoms with Gasteiger partial charge in [-0.2, -0.15) is 5.10 Å². The number of ether oxygens (including phenoxy) is 1. The lowest BCUT2D eigenvalue weighted by Gasteiger charge is -2.16. The molecular formula is C16H21N5O5. The molecule has 0 aliphatic heterocycles. The predicted octanol–water partition coefficient (Wildman–Crippen LogP) is 1.40. The van der Waals surface area contributed by atoms with E-state index in [0.29, 0.717) is 12.0 Å². The first kappa shape index (κ1) is 19.3. The molecule has 140 valence electrons. The summed E-state index contributed by atoms with van der Waals surface area (Å²) in [5.41, 5.74) is -1.67. The van der Waals surface area contributed by atoms with E-state index in [-0.39, 0.29) is 12.2 Å². The van der Waals surface area contributed by atoms with Gasteiger partial charge in [0.2, 0.25) is 0 Å². The number of aromatic nitrogens is 4. The highest BCUT2D eigenvalue weighted by Gasteiger charge is 2.28. The molecule has 0 aliphatic rings. The molecule has 0 N–H and O–H groups in total. The van der Waals surface area contributed by atoms with Crippen molar-refractivity contribution in [1.82, 2.24) is 18.9 Å². The summed E-state index contributed by atoms with van der Waals surface area (Å²) in [5.74, 6) is 0. The number of hydrogen-bond donors (Lipinski definition) is 0. The molecule has 2 aromatic rings. The second-order valence-corrected chi connectivity index (χ2v) is 5.72. The van der Waals surface area contributed by atoms with Crippen LogP contribution in [0, 0.1) is 10.1 Å². The topological polar surface area (TPSA) is 114 Å². The zero-order chi connectivity index (χ0) is 19.4. The normalized spacial score (nSPS) is 12.6. The lowest BCUT2D eigenvalue weighted by atomic mass is 10.2. The fourth-order valence-electron chi connectivity index (χ4n) is 2.58. The van der Waals surface area contributed by atoms with Gasteiger partial charge in [0.15, 0.2) is 0 Å². The van der Waals surface area contributed by atoms with E-state index >= 15 is 0 Å². The van der Waals surface area contributed by atoms with Gasteiger partial charge in [-0.3, -0.25) is 24.2 Å². The average molecular weight is 363 g/mol. The third-order valence-electron chi connectivity index (χ3n) is 3.88. The van der Waals surface area contributed by atoms with Gasteiger partial charge >= 0.3 is 16.9 Å². The SMILES string of the molecule is CCCn1c(/C=C/c2cnn(C)c2)c([N+](=O)[O-])c(=O)n(C(C)OC)c1=O. The summed E-state index contributed by atoms with van der Waals surface area (Å²) >= 11 is 0. The van der Waals surface area contributed by atoms with Crippen LogP contribution in [0.1, 0.15) is 37.8 Å². The van der Waals surface area contributed by atoms with Crippen molar-refractivity contribution >= 4 is 17.8 Å². The van der Waals surface area contributed by atoms with Crippen molar-refractivity contribution in [2.75, 3.05) is 7.11 Å². The molecule has 0 aliphatic carbocycles. The largest absolute Gasteiger partial charge is 0.361 e. The minimum atomic E-state index is -0.993. The molecule has 0 spiro atoms. The molecule has 2 heterocycles. The Labute approximate surface area is 149 Å². The molecule has 2 aromatic heterocycles. The quantitative estimate of drug-likeness (QED) is 0.542. The van der Waals surface area contributed by atoms with E-state index in [4.69, 9.17) is 4.74 Å². The van der Waals surface area contributed by atoms with Crippen LogP contribution < -0.4 is 11.2 Å². The molecule has 0 fully saturated rings. The van der Waals surface area contributed by atoms with E-state index in [1.54, 1.807) is 30.2 Å². The summed E-state index contributed by atoms with van der Waals surface area (Å²) in [6.07, 6.45) is 5.88. The van der Waals surface area contributed by atoms with E-state index in [1.807, 2.05) is 6.92 Å². The summed E-state index contributed by atoms with van der Waals surface area (Å²) < 4.78 is 8.59. The zero-order valence-corrected chi connectivity index (χ0v) is 15.1. The first-order chi connectivity index (χ1) is 12.3. The van der Waals surface area contributed by atoms with Gasteiger partial charge in [-0.15, -0.1) is 0 Å². The average Bonchev–Trinajstić information content (AvgIpc) is 3.00. The van der Waals surface area contributed by atoms with E-state index in [2.05, 4.69) is 5.10 Å². The van der Waals surface area contributed by atoms with Crippen molar-refractivity contribution in [2.45, 2.75) is 33.0 Å². The van der Waals surface area contributed by atoms with Crippen LogP contribution in [0.5, 0.6) is 0 Å². The van der Waals surface area contributed by atoms with Gasteiger partial charge in [-0.25, -0.2) is 9.36 Å². The predicted molar refractivity (Wildman–Crippen MR) is 95.8 cm³/mol. The van der Waals surface area contributed by atoms with Crippen molar-refractivity contribution in [2.24, 2.45) is 7.05 Å². The van der Waals surface area contributed by atoms with Gasteiger partial charge in [-0.1, -0.05) is 6.92 Å². The third kappa shape index (κ3) is 3.64.